The second-order valence-electron chi connectivity index (χ2n) is 4.37. The zero-order chi connectivity index (χ0) is 11.5. The van der Waals surface area contributed by atoms with E-state index in [0.717, 1.165) is 24.5 Å². The van der Waals surface area contributed by atoms with Crippen molar-refractivity contribution in [1.82, 2.24) is 10.6 Å². The minimum atomic E-state index is 0.0936. The fourth-order valence-corrected chi connectivity index (χ4v) is 2.10. The van der Waals surface area contributed by atoms with Gasteiger partial charge in [0.15, 0.2) is 0 Å². The van der Waals surface area contributed by atoms with E-state index in [-0.39, 0.29) is 17.9 Å². The molecule has 2 N–H and O–H groups in total. The third-order valence-corrected chi connectivity index (χ3v) is 3.09. The van der Waals surface area contributed by atoms with Crippen molar-refractivity contribution in [3.63, 3.8) is 0 Å². The topological polar surface area (TPSA) is 54.3 Å². The SMILES string of the molecule is Cc1ccc(CNC(=O)C2CCNC2C)o1. The van der Waals surface area contributed by atoms with Crippen LogP contribution in [0.3, 0.4) is 0 Å². The number of rotatable bonds is 3. The third kappa shape index (κ3) is 2.44. The lowest BCUT2D eigenvalue weighted by Gasteiger charge is -2.14. The predicted octanol–water partition coefficient (Wildman–Crippen LogP) is 1.20. The Hall–Kier alpha value is -1.29. The number of hydrogen-bond donors (Lipinski definition) is 2. The monoisotopic (exact) mass is 222 g/mol. The van der Waals surface area contributed by atoms with E-state index < -0.39 is 0 Å². The molecule has 0 bridgehead atoms. The highest BCUT2D eigenvalue weighted by Crippen LogP contribution is 2.15. The van der Waals surface area contributed by atoms with Gasteiger partial charge in [-0.3, -0.25) is 4.79 Å². The maximum atomic E-state index is 11.8. The highest BCUT2D eigenvalue weighted by molar-refractivity contribution is 5.79. The molecule has 1 aromatic rings. The van der Waals surface area contributed by atoms with Gasteiger partial charge in [-0.25, -0.2) is 0 Å². The lowest BCUT2D eigenvalue weighted by atomic mass is 10.0. The van der Waals surface area contributed by atoms with E-state index in [9.17, 15) is 4.79 Å². The standard InChI is InChI=1S/C12H18N2O2/c1-8-3-4-10(16-8)7-14-12(15)11-5-6-13-9(11)2/h3-4,9,11,13H,5-7H2,1-2H3,(H,14,15). The van der Waals surface area contributed by atoms with Crippen LogP contribution in [0.1, 0.15) is 24.9 Å². The molecule has 1 amide bonds. The van der Waals surface area contributed by atoms with Gasteiger partial charge in [0.1, 0.15) is 11.5 Å². The molecular formula is C12H18N2O2. The molecule has 4 heteroatoms. The molecule has 0 radical (unpaired) electrons. The minimum Gasteiger partial charge on any atom is -0.465 e. The molecule has 2 heterocycles. The lowest BCUT2D eigenvalue weighted by Crippen LogP contribution is -2.36. The van der Waals surface area contributed by atoms with Crippen molar-refractivity contribution in [2.45, 2.75) is 32.9 Å². The molecule has 4 nitrogen and oxygen atoms in total. The van der Waals surface area contributed by atoms with Crippen LogP contribution in [0.15, 0.2) is 16.5 Å². The molecule has 0 saturated carbocycles. The summed E-state index contributed by atoms with van der Waals surface area (Å²) in [6.45, 7) is 5.36. The zero-order valence-electron chi connectivity index (χ0n) is 9.75. The van der Waals surface area contributed by atoms with Gasteiger partial charge in [0, 0.05) is 6.04 Å². The summed E-state index contributed by atoms with van der Waals surface area (Å²) in [5, 5.41) is 6.18. The molecule has 1 aliphatic rings. The Bertz CT molecular complexity index is 373. The first-order valence-electron chi connectivity index (χ1n) is 5.73. The molecule has 2 unspecified atom stereocenters. The summed E-state index contributed by atoms with van der Waals surface area (Å²) in [6.07, 6.45) is 0.921. The number of hydrogen-bond acceptors (Lipinski definition) is 3. The van der Waals surface area contributed by atoms with Crippen molar-refractivity contribution < 1.29 is 9.21 Å². The average molecular weight is 222 g/mol. The number of amides is 1. The van der Waals surface area contributed by atoms with E-state index >= 15 is 0 Å². The number of nitrogens with one attached hydrogen (secondary N) is 2. The lowest BCUT2D eigenvalue weighted by molar-refractivity contribution is -0.125. The van der Waals surface area contributed by atoms with Crippen LogP contribution >= 0.6 is 0 Å². The van der Waals surface area contributed by atoms with Gasteiger partial charge in [-0.2, -0.15) is 0 Å². The van der Waals surface area contributed by atoms with Crippen molar-refractivity contribution in [2.24, 2.45) is 5.92 Å². The van der Waals surface area contributed by atoms with Gasteiger partial charge in [0.25, 0.3) is 0 Å². The van der Waals surface area contributed by atoms with Gasteiger partial charge < -0.3 is 15.1 Å². The van der Waals surface area contributed by atoms with Gasteiger partial charge in [0.05, 0.1) is 12.5 Å². The number of aryl methyl sites for hydroxylation is 1. The molecular weight excluding hydrogens is 204 g/mol. The first-order valence-corrected chi connectivity index (χ1v) is 5.73. The van der Waals surface area contributed by atoms with Crippen LogP contribution in [-0.2, 0) is 11.3 Å². The molecule has 2 atom stereocenters. The first-order chi connectivity index (χ1) is 7.66. The van der Waals surface area contributed by atoms with Gasteiger partial charge in [-0.1, -0.05) is 0 Å². The van der Waals surface area contributed by atoms with Crippen LogP contribution in [0.25, 0.3) is 0 Å². The number of carbonyl (C=O) groups is 1. The maximum Gasteiger partial charge on any atom is 0.225 e. The molecule has 2 rings (SSSR count). The summed E-state index contributed by atoms with van der Waals surface area (Å²) < 4.78 is 5.39. The Kier molecular flexibility index (Phi) is 3.29. The second kappa shape index (κ2) is 4.70. The van der Waals surface area contributed by atoms with E-state index in [1.54, 1.807) is 0 Å². The Morgan fingerprint density at radius 3 is 3.00 bits per heavy atom. The van der Waals surface area contributed by atoms with Crippen molar-refractivity contribution in [3.05, 3.63) is 23.7 Å². The second-order valence-corrected chi connectivity index (χ2v) is 4.37. The zero-order valence-corrected chi connectivity index (χ0v) is 9.75. The van der Waals surface area contributed by atoms with E-state index in [4.69, 9.17) is 4.42 Å². The predicted molar refractivity (Wildman–Crippen MR) is 60.9 cm³/mol. The fraction of sp³-hybridized carbons (Fsp3) is 0.583. The summed E-state index contributed by atoms with van der Waals surface area (Å²) >= 11 is 0. The summed E-state index contributed by atoms with van der Waals surface area (Å²) in [5.74, 6) is 1.90. The first kappa shape index (κ1) is 11.2. The molecule has 0 aromatic carbocycles. The van der Waals surface area contributed by atoms with Crippen LogP contribution in [-0.4, -0.2) is 18.5 Å². The molecule has 1 aromatic heterocycles. The van der Waals surface area contributed by atoms with Gasteiger partial charge in [-0.05, 0) is 38.9 Å². The summed E-state index contributed by atoms with van der Waals surface area (Å²) in [6, 6.07) is 4.08. The number of furan rings is 1. The fourth-order valence-electron chi connectivity index (χ4n) is 2.10. The summed E-state index contributed by atoms with van der Waals surface area (Å²) in [5.41, 5.74) is 0. The molecule has 16 heavy (non-hydrogen) atoms. The Morgan fingerprint density at radius 1 is 1.62 bits per heavy atom. The van der Waals surface area contributed by atoms with Crippen LogP contribution in [0.5, 0.6) is 0 Å². The Balaban J connectivity index is 1.83. The van der Waals surface area contributed by atoms with Crippen LogP contribution in [0.4, 0.5) is 0 Å². The Labute approximate surface area is 95.4 Å². The molecule has 88 valence electrons. The van der Waals surface area contributed by atoms with Crippen molar-refractivity contribution in [3.8, 4) is 0 Å². The largest absolute Gasteiger partial charge is 0.465 e. The highest BCUT2D eigenvalue weighted by atomic mass is 16.3. The smallest absolute Gasteiger partial charge is 0.225 e. The number of carbonyl (C=O) groups excluding carboxylic acids is 1. The molecule has 0 spiro atoms. The van der Waals surface area contributed by atoms with E-state index in [2.05, 4.69) is 10.6 Å². The van der Waals surface area contributed by atoms with E-state index in [1.165, 1.54) is 0 Å². The van der Waals surface area contributed by atoms with Crippen LogP contribution in [0.2, 0.25) is 0 Å². The van der Waals surface area contributed by atoms with Gasteiger partial charge in [0.2, 0.25) is 5.91 Å². The van der Waals surface area contributed by atoms with Crippen LogP contribution < -0.4 is 10.6 Å². The highest BCUT2D eigenvalue weighted by Gasteiger charge is 2.29. The van der Waals surface area contributed by atoms with Crippen molar-refractivity contribution in [2.75, 3.05) is 6.54 Å². The summed E-state index contributed by atoms with van der Waals surface area (Å²) in [7, 11) is 0. The molecule has 1 fully saturated rings. The third-order valence-electron chi connectivity index (χ3n) is 3.09. The van der Waals surface area contributed by atoms with Crippen molar-refractivity contribution >= 4 is 5.91 Å². The van der Waals surface area contributed by atoms with E-state index in [0.29, 0.717) is 6.54 Å². The van der Waals surface area contributed by atoms with Crippen LogP contribution in [0, 0.1) is 12.8 Å². The van der Waals surface area contributed by atoms with E-state index in [1.807, 2.05) is 26.0 Å². The molecule has 1 saturated heterocycles. The quantitative estimate of drug-likeness (QED) is 0.808. The maximum absolute atomic E-state index is 11.8. The van der Waals surface area contributed by atoms with Crippen molar-refractivity contribution in [1.29, 1.82) is 0 Å². The molecule has 1 aliphatic heterocycles. The normalized spacial score (nSPS) is 24.6. The Morgan fingerprint density at radius 2 is 2.44 bits per heavy atom. The summed E-state index contributed by atoms with van der Waals surface area (Å²) in [4.78, 5) is 11.8. The van der Waals surface area contributed by atoms with Gasteiger partial charge in [-0.15, -0.1) is 0 Å². The minimum absolute atomic E-state index is 0.0936. The van der Waals surface area contributed by atoms with Gasteiger partial charge >= 0.3 is 0 Å². The molecule has 0 aliphatic carbocycles. The average Bonchev–Trinajstić information content (AvgIpc) is 2.84.